The third kappa shape index (κ3) is 1.97. The first kappa shape index (κ1) is 9.69. The average molecular weight is 191 g/mol. The zero-order valence-electron chi connectivity index (χ0n) is 8.32. The van der Waals surface area contributed by atoms with Crippen molar-refractivity contribution in [3.05, 3.63) is 35.4 Å². The van der Waals surface area contributed by atoms with E-state index in [9.17, 15) is 0 Å². The second-order valence-electron chi connectivity index (χ2n) is 4.06. The maximum atomic E-state index is 9.14. The molecule has 2 nitrogen and oxygen atoms in total. The van der Waals surface area contributed by atoms with Gasteiger partial charge in [0.2, 0.25) is 0 Å². The van der Waals surface area contributed by atoms with Crippen molar-refractivity contribution in [2.45, 2.75) is 24.7 Å². The van der Waals surface area contributed by atoms with E-state index >= 15 is 0 Å². The minimum Gasteiger partial charge on any atom is -0.396 e. The summed E-state index contributed by atoms with van der Waals surface area (Å²) in [6.07, 6.45) is 2.63. The third-order valence-electron chi connectivity index (χ3n) is 2.94. The number of benzene rings is 1. The van der Waals surface area contributed by atoms with Crippen molar-refractivity contribution in [3.63, 3.8) is 0 Å². The summed E-state index contributed by atoms with van der Waals surface area (Å²) in [5.74, 6) is 0.876. The molecule has 0 saturated heterocycles. The van der Waals surface area contributed by atoms with Gasteiger partial charge in [0.15, 0.2) is 0 Å². The van der Waals surface area contributed by atoms with Gasteiger partial charge in [-0.3, -0.25) is 0 Å². The molecule has 76 valence electrons. The SMILES string of the molecule is NCC(CO)c1cccc(C2CC2)c1. The highest BCUT2D eigenvalue weighted by Gasteiger charge is 2.23. The van der Waals surface area contributed by atoms with E-state index in [0.29, 0.717) is 6.54 Å². The van der Waals surface area contributed by atoms with Gasteiger partial charge in [0.05, 0.1) is 6.61 Å². The third-order valence-corrected chi connectivity index (χ3v) is 2.94. The van der Waals surface area contributed by atoms with Crippen molar-refractivity contribution >= 4 is 0 Å². The van der Waals surface area contributed by atoms with Crippen LogP contribution in [0.15, 0.2) is 24.3 Å². The number of rotatable bonds is 4. The van der Waals surface area contributed by atoms with Crippen molar-refractivity contribution in [3.8, 4) is 0 Å². The molecule has 14 heavy (non-hydrogen) atoms. The molecule has 1 unspecified atom stereocenters. The standard InChI is InChI=1S/C12H17NO/c13-7-12(8-14)11-3-1-2-10(6-11)9-4-5-9/h1-3,6,9,12,14H,4-5,7-8,13H2. The highest BCUT2D eigenvalue weighted by molar-refractivity contribution is 5.31. The van der Waals surface area contributed by atoms with Crippen LogP contribution >= 0.6 is 0 Å². The highest BCUT2D eigenvalue weighted by Crippen LogP contribution is 2.40. The van der Waals surface area contributed by atoms with E-state index < -0.39 is 0 Å². The fraction of sp³-hybridized carbons (Fsp3) is 0.500. The Bertz CT molecular complexity index is 303. The van der Waals surface area contributed by atoms with Crippen LogP contribution in [0, 0.1) is 0 Å². The monoisotopic (exact) mass is 191 g/mol. The second-order valence-corrected chi connectivity index (χ2v) is 4.06. The van der Waals surface area contributed by atoms with Gasteiger partial charge in [-0.05, 0) is 29.9 Å². The first-order chi connectivity index (χ1) is 6.85. The number of aliphatic hydroxyl groups excluding tert-OH is 1. The molecule has 0 radical (unpaired) electrons. The van der Waals surface area contributed by atoms with Crippen molar-refractivity contribution in [1.82, 2.24) is 0 Å². The van der Waals surface area contributed by atoms with Gasteiger partial charge >= 0.3 is 0 Å². The molecule has 0 bridgehead atoms. The zero-order chi connectivity index (χ0) is 9.97. The molecule has 1 atom stereocenters. The lowest BCUT2D eigenvalue weighted by molar-refractivity contribution is 0.268. The summed E-state index contributed by atoms with van der Waals surface area (Å²) in [5.41, 5.74) is 8.19. The smallest absolute Gasteiger partial charge is 0.0511 e. The van der Waals surface area contributed by atoms with Crippen molar-refractivity contribution < 1.29 is 5.11 Å². The molecule has 0 aromatic heterocycles. The van der Waals surface area contributed by atoms with Crippen molar-refractivity contribution in [2.24, 2.45) is 5.73 Å². The first-order valence-corrected chi connectivity index (χ1v) is 5.26. The highest BCUT2D eigenvalue weighted by atomic mass is 16.3. The Morgan fingerprint density at radius 1 is 1.43 bits per heavy atom. The van der Waals surface area contributed by atoms with Crippen LogP contribution in [0.5, 0.6) is 0 Å². The molecule has 2 rings (SSSR count). The fourth-order valence-electron chi connectivity index (χ4n) is 1.80. The normalized spacial score (nSPS) is 18.1. The summed E-state index contributed by atoms with van der Waals surface area (Å²) >= 11 is 0. The van der Waals surface area contributed by atoms with Crippen LogP contribution in [-0.4, -0.2) is 18.3 Å². The van der Waals surface area contributed by atoms with Gasteiger partial charge in [-0.1, -0.05) is 24.3 Å². The van der Waals surface area contributed by atoms with Gasteiger partial charge in [-0.25, -0.2) is 0 Å². The second kappa shape index (κ2) is 4.11. The van der Waals surface area contributed by atoms with E-state index in [1.807, 2.05) is 0 Å². The molecule has 1 aromatic carbocycles. The predicted octanol–water partition coefficient (Wildman–Crippen LogP) is 1.60. The molecule has 1 fully saturated rings. The maximum absolute atomic E-state index is 9.14. The lowest BCUT2D eigenvalue weighted by Crippen LogP contribution is -2.16. The molecule has 1 aliphatic carbocycles. The summed E-state index contributed by atoms with van der Waals surface area (Å²) in [5, 5.41) is 9.14. The number of aliphatic hydroxyl groups is 1. The summed E-state index contributed by atoms with van der Waals surface area (Å²) in [6.45, 7) is 0.662. The van der Waals surface area contributed by atoms with Gasteiger partial charge in [-0.15, -0.1) is 0 Å². The van der Waals surface area contributed by atoms with Gasteiger partial charge in [0.1, 0.15) is 0 Å². The molecule has 0 amide bonds. The molecule has 0 heterocycles. The van der Waals surface area contributed by atoms with Crippen molar-refractivity contribution in [2.75, 3.05) is 13.2 Å². The van der Waals surface area contributed by atoms with Crippen LogP contribution in [0.2, 0.25) is 0 Å². The lowest BCUT2D eigenvalue weighted by atomic mass is 9.97. The summed E-state index contributed by atoms with van der Waals surface area (Å²) < 4.78 is 0. The van der Waals surface area contributed by atoms with E-state index in [0.717, 1.165) is 5.92 Å². The Balaban J connectivity index is 2.19. The van der Waals surface area contributed by atoms with E-state index in [4.69, 9.17) is 10.8 Å². The van der Waals surface area contributed by atoms with Gasteiger partial charge in [0.25, 0.3) is 0 Å². The molecule has 1 saturated carbocycles. The minimum atomic E-state index is 0.105. The van der Waals surface area contributed by atoms with Crippen LogP contribution in [-0.2, 0) is 0 Å². The molecule has 1 aliphatic rings. The quantitative estimate of drug-likeness (QED) is 0.759. The minimum absolute atomic E-state index is 0.105. The Kier molecular flexibility index (Phi) is 2.85. The lowest BCUT2D eigenvalue weighted by Gasteiger charge is -2.12. The largest absolute Gasteiger partial charge is 0.396 e. The van der Waals surface area contributed by atoms with Gasteiger partial charge in [-0.2, -0.15) is 0 Å². The van der Waals surface area contributed by atoms with E-state index in [1.54, 1.807) is 0 Å². The van der Waals surface area contributed by atoms with Crippen LogP contribution < -0.4 is 5.73 Å². The Morgan fingerprint density at radius 2 is 2.21 bits per heavy atom. The molecule has 0 spiro atoms. The number of nitrogens with two attached hydrogens (primary N) is 1. The molecule has 2 heteroatoms. The van der Waals surface area contributed by atoms with Gasteiger partial charge < -0.3 is 10.8 Å². The Hall–Kier alpha value is -0.860. The van der Waals surface area contributed by atoms with Crippen LogP contribution in [0.1, 0.15) is 35.8 Å². The van der Waals surface area contributed by atoms with Crippen LogP contribution in [0.25, 0.3) is 0 Å². The van der Waals surface area contributed by atoms with Crippen molar-refractivity contribution in [1.29, 1.82) is 0 Å². The summed E-state index contributed by atoms with van der Waals surface area (Å²) in [4.78, 5) is 0. The number of hydrogen-bond acceptors (Lipinski definition) is 2. The van der Waals surface area contributed by atoms with Crippen LogP contribution in [0.3, 0.4) is 0 Å². The maximum Gasteiger partial charge on any atom is 0.0511 e. The predicted molar refractivity (Wildman–Crippen MR) is 57.3 cm³/mol. The Labute approximate surface area is 84.7 Å². The molecule has 0 aliphatic heterocycles. The Morgan fingerprint density at radius 3 is 2.79 bits per heavy atom. The topological polar surface area (TPSA) is 46.2 Å². The fourth-order valence-corrected chi connectivity index (χ4v) is 1.80. The molecule has 1 aromatic rings. The van der Waals surface area contributed by atoms with E-state index in [1.165, 1.54) is 24.0 Å². The van der Waals surface area contributed by atoms with Gasteiger partial charge in [0, 0.05) is 12.5 Å². The van der Waals surface area contributed by atoms with Crippen LogP contribution in [0.4, 0.5) is 0 Å². The molecular weight excluding hydrogens is 174 g/mol. The number of hydrogen-bond donors (Lipinski definition) is 2. The molecule has 3 N–H and O–H groups in total. The molecular formula is C12H17NO. The zero-order valence-corrected chi connectivity index (χ0v) is 8.32. The summed E-state index contributed by atoms with van der Waals surface area (Å²) in [7, 11) is 0. The first-order valence-electron chi connectivity index (χ1n) is 5.26. The van der Waals surface area contributed by atoms with E-state index in [2.05, 4.69) is 24.3 Å². The van der Waals surface area contributed by atoms with E-state index in [-0.39, 0.29) is 12.5 Å². The average Bonchev–Trinajstić information content (AvgIpc) is 3.03. The summed E-state index contributed by atoms with van der Waals surface area (Å²) in [6, 6.07) is 8.50.